The number of amides is 1. The number of carbonyl (C=O) groups is 1. The lowest BCUT2D eigenvalue weighted by Crippen LogP contribution is -2.55. The maximum atomic E-state index is 12.7. The Morgan fingerprint density at radius 2 is 2.03 bits per heavy atom. The maximum Gasteiger partial charge on any atom is 0.410 e. The molecule has 178 valence electrons. The van der Waals surface area contributed by atoms with E-state index in [1.165, 1.54) is 0 Å². The molecule has 3 atom stereocenters. The molecule has 1 aromatic rings. The van der Waals surface area contributed by atoms with Gasteiger partial charge < -0.3 is 29.4 Å². The Bertz CT molecular complexity index is 753. The molecule has 0 spiro atoms. The monoisotopic (exact) mass is 446 g/mol. The fraction of sp³-hybridized carbons (Fsp3) is 0.750. The second kappa shape index (κ2) is 10.1. The van der Waals surface area contributed by atoms with E-state index in [9.17, 15) is 4.79 Å². The second-order valence-corrected chi connectivity index (χ2v) is 10.2. The molecule has 0 radical (unpaired) electrons. The van der Waals surface area contributed by atoms with Crippen LogP contribution in [0.3, 0.4) is 0 Å². The van der Waals surface area contributed by atoms with E-state index in [-0.39, 0.29) is 30.3 Å². The number of aliphatic imine (C=N–C) groups is 1. The molecule has 0 saturated carbocycles. The Kier molecular flexibility index (Phi) is 7.28. The molecule has 3 fully saturated rings. The molecule has 2 N–H and O–H groups in total. The zero-order chi connectivity index (χ0) is 22.6. The molecular weight excluding hydrogens is 408 g/mol. The van der Waals surface area contributed by atoms with Crippen LogP contribution in [-0.2, 0) is 15.9 Å². The van der Waals surface area contributed by atoms with E-state index in [0.717, 1.165) is 69.8 Å². The molecule has 0 aromatic carbocycles. The molecule has 3 aliphatic heterocycles. The number of hydrogen-bond donors (Lipinski definition) is 2. The van der Waals surface area contributed by atoms with Gasteiger partial charge in [-0.15, -0.1) is 0 Å². The van der Waals surface area contributed by atoms with Crippen LogP contribution in [0.25, 0.3) is 0 Å². The molecule has 0 aliphatic carbocycles. The number of guanidine groups is 1. The number of carbonyl (C=O) groups excluding carboxylic acids is 1. The standard InChI is InChI=1S/C24H38N4O4/c1-24(2,3)32-23(29)28-18-8-9-19(28)15-17(14-18)27-22(26-16-21-7-5-13-31-21)25-11-10-20-6-4-12-30-20/h4,6,12,17-19,21H,5,7-11,13-16H2,1-3H3,(H2,25,26,27). The minimum absolute atomic E-state index is 0.174. The van der Waals surface area contributed by atoms with E-state index in [1.54, 1.807) is 6.26 Å². The lowest BCUT2D eigenvalue weighted by Gasteiger charge is -2.40. The zero-order valence-electron chi connectivity index (χ0n) is 19.6. The molecule has 8 heteroatoms. The number of furan rings is 1. The zero-order valence-corrected chi connectivity index (χ0v) is 19.6. The molecule has 32 heavy (non-hydrogen) atoms. The first-order chi connectivity index (χ1) is 15.4. The van der Waals surface area contributed by atoms with Crippen molar-refractivity contribution < 1.29 is 18.7 Å². The van der Waals surface area contributed by atoms with Gasteiger partial charge in [0.05, 0.1) is 18.9 Å². The highest BCUT2D eigenvalue weighted by Gasteiger charge is 2.45. The molecule has 1 aromatic heterocycles. The van der Waals surface area contributed by atoms with Crippen LogP contribution >= 0.6 is 0 Å². The summed E-state index contributed by atoms with van der Waals surface area (Å²) in [6, 6.07) is 4.63. The number of ether oxygens (including phenoxy) is 2. The van der Waals surface area contributed by atoms with Crippen LogP contribution in [0.4, 0.5) is 4.79 Å². The first-order valence-corrected chi connectivity index (χ1v) is 12.1. The van der Waals surface area contributed by atoms with Crippen LogP contribution < -0.4 is 10.6 Å². The normalized spacial score (nSPS) is 28.1. The molecular formula is C24H38N4O4. The summed E-state index contributed by atoms with van der Waals surface area (Å²) in [7, 11) is 0. The van der Waals surface area contributed by atoms with Crippen molar-refractivity contribution in [2.24, 2.45) is 4.99 Å². The predicted molar refractivity (Wildman–Crippen MR) is 123 cm³/mol. The molecule has 8 nitrogen and oxygen atoms in total. The third-order valence-corrected chi connectivity index (χ3v) is 6.40. The molecule has 4 heterocycles. The second-order valence-electron chi connectivity index (χ2n) is 10.2. The van der Waals surface area contributed by atoms with Crippen LogP contribution in [-0.4, -0.2) is 66.5 Å². The van der Waals surface area contributed by atoms with Crippen molar-refractivity contribution in [2.45, 2.75) is 95.5 Å². The van der Waals surface area contributed by atoms with Gasteiger partial charge in [0.25, 0.3) is 0 Å². The van der Waals surface area contributed by atoms with Gasteiger partial charge in [0.2, 0.25) is 0 Å². The Hall–Kier alpha value is -2.22. The smallest absolute Gasteiger partial charge is 0.410 e. The van der Waals surface area contributed by atoms with Crippen LogP contribution in [0.1, 0.15) is 65.1 Å². The summed E-state index contributed by atoms with van der Waals surface area (Å²) in [4.78, 5) is 19.5. The van der Waals surface area contributed by atoms with E-state index in [4.69, 9.17) is 18.9 Å². The summed E-state index contributed by atoms with van der Waals surface area (Å²) in [6.07, 6.45) is 8.62. The van der Waals surface area contributed by atoms with E-state index in [0.29, 0.717) is 6.54 Å². The van der Waals surface area contributed by atoms with Gasteiger partial charge in [-0.2, -0.15) is 0 Å². The fourth-order valence-electron chi connectivity index (χ4n) is 4.99. The number of hydrogen-bond acceptors (Lipinski definition) is 5. The van der Waals surface area contributed by atoms with Crippen molar-refractivity contribution in [3.63, 3.8) is 0 Å². The van der Waals surface area contributed by atoms with Crippen molar-refractivity contribution in [2.75, 3.05) is 19.7 Å². The first-order valence-electron chi connectivity index (χ1n) is 12.1. The quantitative estimate of drug-likeness (QED) is 0.514. The summed E-state index contributed by atoms with van der Waals surface area (Å²) >= 11 is 0. The molecule has 2 bridgehead atoms. The van der Waals surface area contributed by atoms with Gasteiger partial charge in [-0.1, -0.05) is 0 Å². The van der Waals surface area contributed by atoms with Gasteiger partial charge in [0.1, 0.15) is 11.4 Å². The molecule has 1 amide bonds. The third-order valence-electron chi connectivity index (χ3n) is 6.40. The van der Waals surface area contributed by atoms with Gasteiger partial charge in [-0.25, -0.2) is 4.79 Å². The average Bonchev–Trinajstić information content (AvgIpc) is 3.46. The number of piperidine rings is 1. The first kappa shape index (κ1) is 23.0. The summed E-state index contributed by atoms with van der Waals surface area (Å²) < 4.78 is 16.9. The van der Waals surface area contributed by atoms with Crippen LogP contribution in [0.5, 0.6) is 0 Å². The van der Waals surface area contributed by atoms with Crippen molar-refractivity contribution in [3.05, 3.63) is 24.2 Å². The van der Waals surface area contributed by atoms with Crippen LogP contribution in [0.15, 0.2) is 27.8 Å². The highest BCUT2D eigenvalue weighted by Crippen LogP contribution is 2.36. The van der Waals surface area contributed by atoms with Gasteiger partial charge in [0, 0.05) is 37.7 Å². The van der Waals surface area contributed by atoms with Gasteiger partial charge >= 0.3 is 6.09 Å². The largest absolute Gasteiger partial charge is 0.469 e. The molecule has 3 aliphatic rings. The van der Waals surface area contributed by atoms with Crippen molar-refractivity contribution >= 4 is 12.1 Å². The Labute approximate surface area is 191 Å². The summed E-state index contributed by atoms with van der Waals surface area (Å²) in [5.74, 6) is 1.78. The van der Waals surface area contributed by atoms with E-state index < -0.39 is 5.60 Å². The minimum Gasteiger partial charge on any atom is -0.469 e. The summed E-state index contributed by atoms with van der Waals surface area (Å²) in [5.41, 5.74) is -0.467. The fourth-order valence-corrected chi connectivity index (χ4v) is 4.99. The van der Waals surface area contributed by atoms with Gasteiger partial charge in [0.15, 0.2) is 5.96 Å². The highest BCUT2D eigenvalue weighted by atomic mass is 16.6. The number of fused-ring (bicyclic) bond motifs is 2. The molecule has 3 unspecified atom stereocenters. The summed E-state index contributed by atoms with van der Waals surface area (Å²) in [6.45, 7) is 8.01. The van der Waals surface area contributed by atoms with Crippen molar-refractivity contribution in [3.8, 4) is 0 Å². The SMILES string of the molecule is CC(C)(C)OC(=O)N1C2CCC1CC(NC(=NCC1CCCO1)NCCc1ccco1)C2. The Morgan fingerprint density at radius 3 is 2.66 bits per heavy atom. The molecule has 4 rings (SSSR count). The predicted octanol–water partition coefficient (Wildman–Crippen LogP) is 3.47. The summed E-state index contributed by atoms with van der Waals surface area (Å²) in [5, 5.41) is 7.11. The number of nitrogens with one attached hydrogen (secondary N) is 2. The third kappa shape index (κ3) is 6.18. The van der Waals surface area contributed by atoms with E-state index in [1.807, 2.05) is 37.8 Å². The van der Waals surface area contributed by atoms with Crippen molar-refractivity contribution in [1.82, 2.24) is 15.5 Å². The number of rotatable bonds is 6. The van der Waals surface area contributed by atoms with E-state index >= 15 is 0 Å². The lowest BCUT2D eigenvalue weighted by atomic mass is 9.98. The topological polar surface area (TPSA) is 88.3 Å². The Morgan fingerprint density at radius 1 is 1.25 bits per heavy atom. The Balaban J connectivity index is 1.34. The van der Waals surface area contributed by atoms with Gasteiger partial charge in [-0.05, 0) is 71.4 Å². The maximum absolute atomic E-state index is 12.7. The highest BCUT2D eigenvalue weighted by molar-refractivity contribution is 5.80. The molecule has 3 saturated heterocycles. The average molecular weight is 447 g/mol. The minimum atomic E-state index is -0.467. The van der Waals surface area contributed by atoms with Crippen molar-refractivity contribution in [1.29, 1.82) is 0 Å². The van der Waals surface area contributed by atoms with Crippen LogP contribution in [0.2, 0.25) is 0 Å². The van der Waals surface area contributed by atoms with Gasteiger partial charge in [-0.3, -0.25) is 4.99 Å². The van der Waals surface area contributed by atoms with E-state index in [2.05, 4.69) is 10.6 Å². The van der Waals surface area contributed by atoms with Crippen LogP contribution in [0, 0.1) is 0 Å². The lowest BCUT2D eigenvalue weighted by molar-refractivity contribution is 0.00544. The number of nitrogens with zero attached hydrogens (tertiary/aromatic N) is 2.